The number of hydrogen-bond donors (Lipinski definition) is 1. The van der Waals surface area contributed by atoms with Gasteiger partial charge >= 0.3 is 0 Å². The van der Waals surface area contributed by atoms with E-state index in [4.69, 9.17) is 0 Å². The third-order valence-electron chi connectivity index (χ3n) is 5.02. The van der Waals surface area contributed by atoms with Gasteiger partial charge in [-0.3, -0.25) is 30.2 Å². The van der Waals surface area contributed by atoms with Gasteiger partial charge in [0.1, 0.15) is 17.6 Å². The number of fused-ring (bicyclic) bond motifs is 6. The van der Waals surface area contributed by atoms with Crippen molar-refractivity contribution in [2.75, 3.05) is 0 Å². The van der Waals surface area contributed by atoms with Crippen LogP contribution in [0.15, 0.2) is 11.8 Å². The van der Waals surface area contributed by atoms with Crippen molar-refractivity contribution < 1.29 is 24.8 Å². The molecule has 1 N–H and O–H groups in total. The summed E-state index contributed by atoms with van der Waals surface area (Å²) in [6.07, 6.45) is 2.27. The molecule has 22 heavy (non-hydrogen) atoms. The average molecular weight is 311 g/mol. The van der Waals surface area contributed by atoms with Crippen LogP contribution in [0.1, 0.15) is 19.3 Å². The maximum Gasteiger partial charge on any atom is 0.263 e. The normalized spacial score (nSPS) is 39.0. The largest absolute Gasteiger partial charge is 0.417 e. The maximum atomic E-state index is 12.4. The number of allylic oxidation sites excluding steroid dienone is 1. The number of Topliss-reactive ketones (excluding diaryl/α,β-unsaturated/α-hetero) is 1. The van der Waals surface area contributed by atoms with Crippen LogP contribution in [-0.4, -0.2) is 37.5 Å². The van der Waals surface area contributed by atoms with E-state index in [-0.39, 0.29) is 5.78 Å². The van der Waals surface area contributed by atoms with Gasteiger partial charge in [0, 0.05) is 21.7 Å². The van der Waals surface area contributed by atoms with Crippen molar-refractivity contribution in [1.82, 2.24) is 0 Å². The van der Waals surface area contributed by atoms with E-state index in [2.05, 4.69) is 0 Å². The SMILES string of the molecule is O=C1C2CCCC1C1C(=[N+]([O-])O)C=C([N+](=O)[O-])C2C1[N+](=O)[O-]. The average Bonchev–Trinajstić information content (AvgIpc) is 2.43. The minimum absolute atomic E-state index is 0.272. The zero-order chi connectivity index (χ0) is 16.2. The van der Waals surface area contributed by atoms with Crippen molar-refractivity contribution in [3.05, 3.63) is 37.2 Å². The molecule has 0 spiro atoms. The van der Waals surface area contributed by atoms with Crippen molar-refractivity contribution in [1.29, 1.82) is 0 Å². The Morgan fingerprint density at radius 2 is 1.68 bits per heavy atom. The van der Waals surface area contributed by atoms with E-state index in [0.717, 1.165) is 6.08 Å². The summed E-state index contributed by atoms with van der Waals surface area (Å²) in [5.41, 5.74) is -1.01. The molecule has 0 aromatic heterocycles. The van der Waals surface area contributed by atoms with Gasteiger partial charge in [-0.25, -0.2) is 0 Å². The van der Waals surface area contributed by atoms with Gasteiger partial charge in [-0.2, -0.15) is 0 Å². The molecular weight excluding hydrogens is 298 g/mol. The second-order valence-electron chi connectivity index (χ2n) is 5.90. The minimum atomic E-state index is -1.43. The van der Waals surface area contributed by atoms with E-state index in [1.807, 2.05) is 0 Å². The van der Waals surface area contributed by atoms with Crippen LogP contribution in [0, 0.1) is 49.1 Å². The topological polar surface area (TPSA) is 150 Å². The van der Waals surface area contributed by atoms with Crippen LogP contribution in [-0.2, 0) is 4.79 Å². The van der Waals surface area contributed by atoms with Crippen LogP contribution in [0.2, 0.25) is 0 Å². The lowest BCUT2D eigenvalue weighted by Crippen LogP contribution is -2.61. The number of carbonyl (C=O) groups excluding carboxylic acids is 1. The predicted molar refractivity (Wildman–Crippen MR) is 69.1 cm³/mol. The molecule has 0 heterocycles. The first kappa shape index (κ1) is 14.4. The highest BCUT2D eigenvalue weighted by atomic mass is 16.8. The molecule has 4 bridgehead atoms. The zero-order valence-corrected chi connectivity index (χ0v) is 11.3. The minimum Gasteiger partial charge on any atom is -0.417 e. The van der Waals surface area contributed by atoms with Crippen LogP contribution in [0.5, 0.6) is 0 Å². The zero-order valence-electron chi connectivity index (χ0n) is 11.3. The van der Waals surface area contributed by atoms with Crippen LogP contribution in [0.25, 0.3) is 0 Å². The summed E-state index contributed by atoms with van der Waals surface area (Å²) in [6.45, 7) is 0. The van der Waals surface area contributed by atoms with E-state index in [1.165, 1.54) is 0 Å². The Bertz CT molecular complexity index is 637. The molecule has 5 unspecified atom stereocenters. The van der Waals surface area contributed by atoms with Crippen molar-refractivity contribution in [2.45, 2.75) is 25.3 Å². The molecule has 2 fully saturated rings. The fourth-order valence-corrected chi connectivity index (χ4v) is 4.26. The number of nitro groups is 2. The summed E-state index contributed by atoms with van der Waals surface area (Å²) >= 11 is 0. The number of rotatable bonds is 2. The lowest BCUT2D eigenvalue weighted by Gasteiger charge is -2.44. The lowest BCUT2D eigenvalue weighted by molar-refractivity contribution is -0.728. The molecule has 0 radical (unpaired) electrons. The molecule has 0 amide bonds. The molecule has 0 aromatic carbocycles. The predicted octanol–water partition coefficient (Wildman–Crippen LogP) is 0.378. The summed E-state index contributed by atoms with van der Waals surface area (Å²) in [6, 6.07) is -1.43. The molecule has 0 aromatic rings. The Labute approximate surface area is 123 Å². The van der Waals surface area contributed by atoms with Gasteiger partial charge in [-0.15, -0.1) is 0 Å². The number of ketones is 1. The van der Waals surface area contributed by atoms with Crippen molar-refractivity contribution >= 4 is 11.5 Å². The number of hydrogen-bond acceptors (Lipinski definition) is 7. The summed E-state index contributed by atoms with van der Waals surface area (Å²) in [4.78, 5) is 33.1. The van der Waals surface area contributed by atoms with Crippen molar-refractivity contribution in [3.63, 3.8) is 0 Å². The highest BCUT2D eigenvalue weighted by Gasteiger charge is 2.66. The first-order valence-electron chi connectivity index (χ1n) is 6.90. The van der Waals surface area contributed by atoms with E-state index >= 15 is 0 Å². The Morgan fingerprint density at radius 3 is 2.18 bits per heavy atom. The van der Waals surface area contributed by atoms with Gasteiger partial charge in [-0.1, -0.05) is 6.42 Å². The first-order chi connectivity index (χ1) is 10.3. The highest BCUT2D eigenvalue weighted by molar-refractivity contribution is 6.01. The molecule has 3 aliphatic rings. The van der Waals surface area contributed by atoms with E-state index in [1.54, 1.807) is 0 Å². The smallest absolute Gasteiger partial charge is 0.263 e. The van der Waals surface area contributed by atoms with Gasteiger partial charge in [0.15, 0.2) is 0 Å². The Morgan fingerprint density at radius 1 is 1.09 bits per heavy atom. The van der Waals surface area contributed by atoms with Crippen molar-refractivity contribution in [2.24, 2.45) is 23.7 Å². The number of nitrogens with zero attached hydrogens (tertiary/aromatic N) is 3. The Kier molecular flexibility index (Phi) is 3.11. The maximum absolute atomic E-state index is 12.4. The molecule has 0 saturated heterocycles. The van der Waals surface area contributed by atoms with E-state index in [9.17, 15) is 35.4 Å². The third-order valence-corrected chi connectivity index (χ3v) is 5.02. The van der Waals surface area contributed by atoms with E-state index < -0.39 is 55.9 Å². The second-order valence-corrected chi connectivity index (χ2v) is 5.90. The van der Waals surface area contributed by atoms with Crippen LogP contribution >= 0.6 is 0 Å². The highest BCUT2D eigenvalue weighted by Crippen LogP contribution is 2.50. The van der Waals surface area contributed by atoms with Crippen molar-refractivity contribution in [3.8, 4) is 0 Å². The first-order valence-corrected chi connectivity index (χ1v) is 6.90. The molecule has 5 atom stereocenters. The monoisotopic (exact) mass is 311 g/mol. The van der Waals surface area contributed by atoms with Gasteiger partial charge in [-0.05, 0) is 12.8 Å². The Balaban J connectivity index is 2.27. The third kappa shape index (κ3) is 1.79. The molecule has 0 aliphatic heterocycles. The second kappa shape index (κ2) is 4.75. The van der Waals surface area contributed by atoms with Crippen LogP contribution in [0.3, 0.4) is 0 Å². The quantitative estimate of drug-likeness (QED) is 0.335. The summed E-state index contributed by atoms with van der Waals surface area (Å²) in [5.74, 6) is -4.04. The Hall–Kier alpha value is -2.52. The molecule has 2 saturated carbocycles. The van der Waals surface area contributed by atoms with Gasteiger partial charge < -0.3 is 5.21 Å². The molecular formula is C12H13N3O7. The van der Waals surface area contributed by atoms with Crippen LogP contribution < -0.4 is 0 Å². The molecule has 10 nitrogen and oxygen atoms in total. The fourth-order valence-electron chi connectivity index (χ4n) is 4.26. The van der Waals surface area contributed by atoms with Gasteiger partial charge in [0.2, 0.25) is 6.04 Å². The molecule has 3 rings (SSSR count). The summed E-state index contributed by atoms with van der Waals surface area (Å²) in [7, 11) is 0. The molecule has 10 heteroatoms. The standard InChI is InChI=1S/C12H13N3O7/c16-12-5-2-1-3-6(12)10-8(14(19)20)4-7(13(17)18)9(5)11(10)15(21)22/h4-6,9-11H,1-3H2,(H,17,18). The summed E-state index contributed by atoms with van der Waals surface area (Å²) in [5, 5.41) is 43.3. The summed E-state index contributed by atoms with van der Waals surface area (Å²) < 4.78 is 0. The van der Waals surface area contributed by atoms with Crippen LogP contribution in [0.4, 0.5) is 0 Å². The van der Waals surface area contributed by atoms with E-state index in [0.29, 0.717) is 19.3 Å². The van der Waals surface area contributed by atoms with Gasteiger partial charge in [0.25, 0.3) is 11.4 Å². The van der Waals surface area contributed by atoms with Gasteiger partial charge in [0.05, 0.1) is 11.0 Å². The lowest BCUT2D eigenvalue weighted by atomic mass is 9.55. The number of carbonyl (C=O) groups is 1. The fraction of sp³-hybridized carbons (Fsp3) is 0.667. The molecule has 3 aliphatic carbocycles. The molecule has 118 valence electrons.